The second-order valence-corrected chi connectivity index (χ2v) is 9.75. The van der Waals surface area contributed by atoms with E-state index in [4.69, 9.17) is 11.5 Å². The standard InChI is InChI=1S/C26H26F6N2O2/c1-23(2,15-9-17(25(27,28)29)21(35)19(33)11-15)13-5-7-14(8-6-13)24(3,4)16-10-18(26(30,31)32)22(36)20(34)12-16/h5-12,35-36H,33-34H2,1-4H3. The Bertz CT molecular complexity index is 1190. The SMILES string of the molecule is CC(C)(c1ccc(C(C)(C)c2cc(N)c(O)c(C(F)(F)F)c2)cc1)c1cc(N)c(O)c(C(F)(F)F)c1. The van der Waals surface area contributed by atoms with Gasteiger partial charge in [0.2, 0.25) is 0 Å². The van der Waals surface area contributed by atoms with Crippen LogP contribution in [0.3, 0.4) is 0 Å². The molecule has 0 spiro atoms. The average Bonchev–Trinajstić information content (AvgIpc) is 2.75. The first-order chi connectivity index (χ1) is 16.3. The van der Waals surface area contributed by atoms with Gasteiger partial charge in [0.1, 0.15) is 0 Å². The van der Waals surface area contributed by atoms with Crippen LogP contribution >= 0.6 is 0 Å². The summed E-state index contributed by atoms with van der Waals surface area (Å²) in [4.78, 5) is 0. The first-order valence-corrected chi connectivity index (χ1v) is 10.8. The van der Waals surface area contributed by atoms with Crippen molar-refractivity contribution >= 4 is 11.4 Å². The molecule has 0 unspecified atom stereocenters. The van der Waals surface area contributed by atoms with Crippen LogP contribution in [0.2, 0.25) is 0 Å². The topological polar surface area (TPSA) is 92.5 Å². The summed E-state index contributed by atoms with van der Waals surface area (Å²) in [5.41, 5.74) is 7.74. The molecule has 10 heteroatoms. The highest BCUT2D eigenvalue weighted by molar-refractivity contribution is 5.62. The lowest BCUT2D eigenvalue weighted by molar-refractivity contribution is -0.139. The first-order valence-electron chi connectivity index (χ1n) is 10.8. The number of hydrogen-bond acceptors (Lipinski definition) is 4. The van der Waals surface area contributed by atoms with Crippen molar-refractivity contribution in [1.29, 1.82) is 0 Å². The third-order valence-corrected chi connectivity index (χ3v) is 6.66. The quantitative estimate of drug-likeness (QED) is 0.173. The van der Waals surface area contributed by atoms with Gasteiger partial charge in [0.25, 0.3) is 0 Å². The number of rotatable bonds is 4. The smallest absolute Gasteiger partial charge is 0.420 e. The summed E-state index contributed by atoms with van der Waals surface area (Å²) in [6, 6.07) is 10.9. The van der Waals surface area contributed by atoms with E-state index < -0.39 is 57.2 Å². The highest BCUT2D eigenvalue weighted by Crippen LogP contribution is 2.45. The molecule has 0 aromatic heterocycles. The van der Waals surface area contributed by atoms with Crippen LogP contribution in [0.15, 0.2) is 48.5 Å². The van der Waals surface area contributed by atoms with Crippen LogP contribution < -0.4 is 11.5 Å². The fourth-order valence-electron chi connectivity index (χ4n) is 4.10. The summed E-state index contributed by atoms with van der Waals surface area (Å²) in [5.74, 6) is -2.07. The molecule has 6 N–H and O–H groups in total. The summed E-state index contributed by atoms with van der Waals surface area (Å²) >= 11 is 0. The molecule has 4 nitrogen and oxygen atoms in total. The zero-order valence-corrected chi connectivity index (χ0v) is 19.9. The van der Waals surface area contributed by atoms with Gasteiger partial charge in [0.15, 0.2) is 11.5 Å². The van der Waals surface area contributed by atoms with Crippen molar-refractivity contribution in [1.82, 2.24) is 0 Å². The number of phenolic OH excluding ortho intramolecular Hbond substituents is 2. The summed E-state index contributed by atoms with van der Waals surface area (Å²) in [6.45, 7) is 6.76. The number of nitrogen functional groups attached to an aromatic ring is 2. The van der Waals surface area contributed by atoms with E-state index in [0.29, 0.717) is 11.1 Å². The fraction of sp³-hybridized carbons (Fsp3) is 0.308. The highest BCUT2D eigenvalue weighted by atomic mass is 19.4. The molecule has 0 aliphatic heterocycles. The number of anilines is 2. The summed E-state index contributed by atoms with van der Waals surface area (Å²) in [6.07, 6.45) is -9.61. The Balaban J connectivity index is 2.05. The molecule has 0 saturated heterocycles. The summed E-state index contributed by atoms with van der Waals surface area (Å²) < 4.78 is 80.3. The van der Waals surface area contributed by atoms with Crippen LogP contribution in [0, 0.1) is 0 Å². The zero-order chi connectivity index (χ0) is 27.4. The van der Waals surface area contributed by atoms with Gasteiger partial charge in [-0.2, -0.15) is 26.3 Å². The Morgan fingerprint density at radius 1 is 0.528 bits per heavy atom. The number of phenols is 2. The Hall–Kier alpha value is -3.56. The summed E-state index contributed by atoms with van der Waals surface area (Å²) in [5, 5.41) is 19.6. The van der Waals surface area contributed by atoms with Gasteiger partial charge in [0, 0.05) is 10.8 Å². The molecule has 0 heterocycles. The minimum absolute atomic E-state index is 0.221. The van der Waals surface area contributed by atoms with Gasteiger partial charge in [-0.25, -0.2) is 0 Å². The Morgan fingerprint density at radius 2 is 0.806 bits per heavy atom. The second-order valence-electron chi connectivity index (χ2n) is 9.75. The molecule has 0 amide bonds. The monoisotopic (exact) mass is 512 g/mol. The van der Waals surface area contributed by atoms with Gasteiger partial charge < -0.3 is 21.7 Å². The van der Waals surface area contributed by atoms with Gasteiger partial charge in [-0.1, -0.05) is 52.0 Å². The normalized spacial score (nSPS) is 13.2. The number of benzene rings is 3. The predicted molar refractivity (Wildman–Crippen MR) is 126 cm³/mol. The Labute approximate surface area is 204 Å². The van der Waals surface area contributed by atoms with E-state index >= 15 is 0 Å². The molecule has 194 valence electrons. The van der Waals surface area contributed by atoms with Crippen molar-refractivity contribution < 1.29 is 36.6 Å². The van der Waals surface area contributed by atoms with E-state index in [2.05, 4.69) is 0 Å². The highest BCUT2D eigenvalue weighted by Gasteiger charge is 2.38. The van der Waals surface area contributed by atoms with Crippen LogP contribution in [0.1, 0.15) is 61.1 Å². The number of hydrogen-bond donors (Lipinski definition) is 4. The van der Waals surface area contributed by atoms with E-state index in [9.17, 15) is 36.6 Å². The first kappa shape index (κ1) is 27.0. The van der Waals surface area contributed by atoms with E-state index in [1.54, 1.807) is 52.0 Å². The number of nitrogens with two attached hydrogens (primary N) is 2. The van der Waals surface area contributed by atoms with Crippen LogP contribution in [-0.2, 0) is 23.2 Å². The van der Waals surface area contributed by atoms with Crippen molar-refractivity contribution in [3.8, 4) is 11.5 Å². The van der Waals surface area contributed by atoms with E-state index in [0.717, 1.165) is 12.1 Å². The molecule has 0 aliphatic rings. The lowest BCUT2D eigenvalue weighted by atomic mass is 9.74. The molecule has 3 aromatic rings. The minimum atomic E-state index is -4.81. The fourth-order valence-corrected chi connectivity index (χ4v) is 4.10. The third-order valence-electron chi connectivity index (χ3n) is 6.66. The van der Waals surface area contributed by atoms with Crippen molar-refractivity contribution in [2.24, 2.45) is 0 Å². The van der Waals surface area contributed by atoms with Crippen molar-refractivity contribution in [3.05, 3.63) is 81.9 Å². The number of aromatic hydroxyl groups is 2. The molecule has 0 bridgehead atoms. The molecule has 0 fully saturated rings. The Kier molecular flexibility index (Phi) is 6.41. The minimum Gasteiger partial charge on any atom is -0.505 e. The van der Waals surface area contributed by atoms with Crippen LogP contribution in [-0.4, -0.2) is 10.2 Å². The molecular formula is C26H26F6N2O2. The van der Waals surface area contributed by atoms with Gasteiger partial charge in [-0.3, -0.25) is 0 Å². The lowest BCUT2D eigenvalue weighted by Gasteiger charge is -2.31. The molecule has 36 heavy (non-hydrogen) atoms. The van der Waals surface area contributed by atoms with Crippen LogP contribution in [0.5, 0.6) is 11.5 Å². The van der Waals surface area contributed by atoms with Crippen molar-refractivity contribution in [3.63, 3.8) is 0 Å². The summed E-state index contributed by atoms with van der Waals surface area (Å²) in [7, 11) is 0. The molecule has 0 aliphatic carbocycles. The predicted octanol–water partition coefficient (Wildman–Crippen LogP) is 6.95. The number of alkyl halides is 6. The van der Waals surface area contributed by atoms with Gasteiger partial charge in [0.05, 0.1) is 22.5 Å². The maximum atomic E-state index is 13.4. The molecule has 3 rings (SSSR count). The molecule has 0 atom stereocenters. The van der Waals surface area contributed by atoms with Crippen molar-refractivity contribution in [2.75, 3.05) is 11.5 Å². The van der Waals surface area contributed by atoms with Crippen LogP contribution in [0.4, 0.5) is 37.7 Å². The van der Waals surface area contributed by atoms with Crippen molar-refractivity contribution in [2.45, 2.75) is 50.9 Å². The largest absolute Gasteiger partial charge is 0.505 e. The second kappa shape index (κ2) is 8.53. The van der Waals surface area contributed by atoms with E-state index in [-0.39, 0.29) is 11.1 Å². The molecular weight excluding hydrogens is 486 g/mol. The maximum absolute atomic E-state index is 13.4. The Morgan fingerprint density at radius 3 is 1.06 bits per heavy atom. The maximum Gasteiger partial charge on any atom is 0.420 e. The van der Waals surface area contributed by atoms with Crippen LogP contribution in [0.25, 0.3) is 0 Å². The zero-order valence-electron chi connectivity index (χ0n) is 19.9. The van der Waals surface area contributed by atoms with E-state index in [1.807, 2.05) is 0 Å². The number of halogens is 6. The molecule has 0 radical (unpaired) electrons. The van der Waals surface area contributed by atoms with Gasteiger partial charge >= 0.3 is 12.4 Å². The third kappa shape index (κ3) is 4.76. The van der Waals surface area contributed by atoms with Gasteiger partial charge in [-0.05, 0) is 46.5 Å². The van der Waals surface area contributed by atoms with E-state index in [1.165, 1.54) is 12.1 Å². The molecule has 0 saturated carbocycles. The average molecular weight is 512 g/mol. The van der Waals surface area contributed by atoms with Gasteiger partial charge in [-0.15, -0.1) is 0 Å². The molecule has 3 aromatic carbocycles. The lowest BCUT2D eigenvalue weighted by Crippen LogP contribution is -2.23.